The molecule has 2 aromatic heterocycles. The average molecular weight is 393 g/mol. The number of halogens is 2. The van der Waals surface area contributed by atoms with Crippen molar-refractivity contribution in [3.63, 3.8) is 0 Å². The number of aromatic nitrogens is 3. The maximum Gasteiger partial charge on any atom is 0.182 e. The molecule has 4 nitrogen and oxygen atoms in total. The lowest BCUT2D eigenvalue weighted by Crippen LogP contribution is -1.96. The van der Waals surface area contributed by atoms with E-state index in [0.29, 0.717) is 22.6 Å². The lowest BCUT2D eigenvalue weighted by atomic mass is 10.1. The highest BCUT2D eigenvalue weighted by Crippen LogP contribution is 2.26. The third kappa shape index (κ3) is 2.79. The van der Waals surface area contributed by atoms with Gasteiger partial charge in [-0.15, -0.1) is 5.10 Å². The summed E-state index contributed by atoms with van der Waals surface area (Å²) in [5.41, 5.74) is 3.35. The predicted molar refractivity (Wildman–Crippen MR) is 96.2 cm³/mol. The Morgan fingerprint density at radius 1 is 1.00 bits per heavy atom. The van der Waals surface area contributed by atoms with E-state index < -0.39 is 0 Å². The van der Waals surface area contributed by atoms with Gasteiger partial charge in [0.05, 0.1) is 11.3 Å². The van der Waals surface area contributed by atoms with Crippen LogP contribution < -0.4 is 0 Å². The number of pyridine rings is 1. The molecule has 6 heteroatoms. The number of hydrogen-bond acceptors (Lipinski definition) is 3. The van der Waals surface area contributed by atoms with E-state index >= 15 is 0 Å². The third-order valence-electron chi connectivity index (χ3n) is 3.83. The largest absolute Gasteiger partial charge is 0.211 e. The molecule has 0 radical (unpaired) electrons. The molecule has 0 saturated heterocycles. The first kappa shape index (κ1) is 15.5. The van der Waals surface area contributed by atoms with Crippen LogP contribution in [0, 0.1) is 17.1 Å². The van der Waals surface area contributed by atoms with Gasteiger partial charge in [0.2, 0.25) is 0 Å². The maximum atomic E-state index is 13.2. The molecule has 0 aliphatic heterocycles. The van der Waals surface area contributed by atoms with Crippen LogP contribution in [0.5, 0.6) is 0 Å². The topological polar surface area (TPSA) is 54.0 Å². The van der Waals surface area contributed by atoms with Crippen LogP contribution >= 0.6 is 15.9 Å². The SMILES string of the molecule is N#Cc1ccc(-c2cccc(Br)c2)n2nc(-c3ccc(F)cc3)nc12. The lowest BCUT2D eigenvalue weighted by Gasteiger charge is -2.05. The summed E-state index contributed by atoms with van der Waals surface area (Å²) in [5, 5.41) is 13.9. The van der Waals surface area contributed by atoms with Crippen LogP contribution in [0.25, 0.3) is 28.3 Å². The highest BCUT2D eigenvalue weighted by molar-refractivity contribution is 9.10. The standard InChI is InChI=1S/C19H10BrFN4/c20-15-3-1-2-13(10-15)17-9-6-14(11-22)19-23-18(24-25(17)19)12-4-7-16(21)8-5-12/h1-10H. The van der Waals surface area contributed by atoms with Crippen LogP contribution in [0.4, 0.5) is 4.39 Å². The van der Waals surface area contributed by atoms with Crippen molar-refractivity contribution in [1.82, 2.24) is 14.6 Å². The van der Waals surface area contributed by atoms with Crippen molar-refractivity contribution in [3.05, 3.63) is 76.5 Å². The fourth-order valence-electron chi connectivity index (χ4n) is 2.64. The minimum absolute atomic E-state index is 0.319. The molecule has 0 aliphatic rings. The van der Waals surface area contributed by atoms with E-state index in [1.165, 1.54) is 12.1 Å². The summed E-state index contributed by atoms with van der Waals surface area (Å²) in [7, 11) is 0. The number of benzene rings is 2. The molecular weight excluding hydrogens is 383 g/mol. The zero-order valence-corrected chi connectivity index (χ0v) is 14.4. The summed E-state index contributed by atoms with van der Waals surface area (Å²) >= 11 is 3.47. The molecule has 0 N–H and O–H groups in total. The second kappa shape index (κ2) is 6.11. The monoisotopic (exact) mass is 392 g/mol. The summed E-state index contributed by atoms with van der Waals surface area (Å²) < 4.78 is 15.8. The second-order valence-electron chi connectivity index (χ2n) is 5.43. The van der Waals surface area contributed by atoms with Crippen LogP contribution in [-0.4, -0.2) is 14.6 Å². The molecule has 0 aliphatic carbocycles. The summed E-state index contributed by atoms with van der Waals surface area (Å²) in [6.45, 7) is 0. The van der Waals surface area contributed by atoms with Gasteiger partial charge in [0, 0.05) is 15.6 Å². The van der Waals surface area contributed by atoms with E-state index in [1.807, 2.05) is 30.3 Å². The van der Waals surface area contributed by atoms with Crippen molar-refractivity contribution >= 4 is 21.6 Å². The van der Waals surface area contributed by atoms with E-state index in [1.54, 1.807) is 22.7 Å². The quantitative estimate of drug-likeness (QED) is 0.490. The molecule has 0 atom stereocenters. The van der Waals surface area contributed by atoms with Gasteiger partial charge in [0.1, 0.15) is 11.9 Å². The van der Waals surface area contributed by atoms with E-state index in [0.717, 1.165) is 15.7 Å². The first-order chi connectivity index (χ1) is 12.2. The van der Waals surface area contributed by atoms with Crippen molar-refractivity contribution in [2.75, 3.05) is 0 Å². The van der Waals surface area contributed by atoms with Gasteiger partial charge < -0.3 is 0 Å². The van der Waals surface area contributed by atoms with Gasteiger partial charge in [0.15, 0.2) is 11.5 Å². The van der Waals surface area contributed by atoms with Crippen molar-refractivity contribution in [3.8, 4) is 28.7 Å². The molecule has 4 aromatic rings. The van der Waals surface area contributed by atoms with Gasteiger partial charge in [-0.25, -0.2) is 13.9 Å². The van der Waals surface area contributed by atoms with Gasteiger partial charge in [0.25, 0.3) is 0 Å². The van der Waals surface area contributed by atoms with Crippen LogP contribution in [0.2, 0.25) is 0 Å². The fraction of sp³-hybridized carbons (Fsp3) is 0. The molecule has 0 fully saturated rings. The second-order valence-corrected chi connectivity index (χ2v) is 6.35. The Kier molecular flexibility index (Phi) is 3.79. The average Bonchev–Trinajstić information content (AvgIpc) is 3.06. The van der Waals surface area contributed by atoms with Gasteiger partial charge in [-0.2, -0.15) is 5.26 Å². The van der Waals surface area contributed by atoms with E-state index in [2.05, 4.69) is 32.1 Å². The molecule has 25 heavy (non-hydrogen) atoms. The molecular formula is C19H10BrFN4. The number of fused-ring (bicyclic) bond motifs is 1. The van der Waals surface area contributed by atoms with Crippen molar-refractivity contribution in [2.24, 2.45) is 0 Å². The van der Waals surface area contributed by atoms with Gasteiger partial charge >= 0.3 is 0 Å². The Morgan fingerprint density at radius 2 is 1.80 bits per heavy atom. The number of nitrogens with zero attached hydrogens (tertiary/aromatic N) is 4. The van der Waals surface area contributed by atoms with Crippen molar-refractivity contribution in [2.45, 2.75) is 0 Å². The van der Waals surface area contributed by atoms with Gasteiger partial charge in [-0.1, -0.05) is 28.1 Å². The van der Waals surface area contributed by atoms with Crippen LogP contribution in [-0.2, 0) is 0 Å². The summed E-state index contributed by atoms with van der Waals surface area (Å²) in [5.74, 6) is 0.124. The molecule has 2 aromatic carbocycles. The van der Waals surface area contributed by atoms with Crippen LogP contribution in [0.3, 0.4) is 0 Å². The Morgan fingerprint density at radius 3 is 2.52 bits per heavy atom. The first-order valence-corrected chi connectivity index (χ1v) is 8.27. The summed E-state index contributed by atoms with van der Waals surface area (Å²) in [6, 6.07) is 19.5. The molecule has 4 rings (SSSR count). The van der Waals surface area contributed by atoms with Crippen LogP contribution in [0.1, 0.15) is 5.56 Å². The highest BCUT2D eigenvalue weighted by Gasteiger charge is 2.14. The molecule has 0 spiro atoms. The smallest absolute Gasteiger partial charge is 0.182 e. The fourth-order valence-corrected chi connectivity index (χ4v) is 3.04. The molecule has 0 saturated carbocycles. The lowest BCUT2D eigenvalue weighted by molar-refractivity contribution is 0.628. The highest BCUT2D eigenvalue weighted by atomic mass is 79.9. The van der Waals surface area contributed by atoms with E-state index in [4.69, 9.17) is 0 Å². The minimum atomic E-state index is -0.319. The Balaban J connectivity index is 1.97. The summed E-state index contributed by atoms with van der Waals surface area (Å²) in [4.78, 5) is 4.49. The molecule has 0 bridgehead atoms. The normalized spacial score (nSPS) is 10.8. The van der Waals surface area contributed by atoms with Gasteiger partial charge in [-0.05, 0) is 48.5 Å². The predicted octanol–water partition coefficient (Wildman–Crippen LogP) is 4.84. The maximum absolute atomic E-state index is 13.2. The number of hydrogen-bond donors (Lipinski definition) is 0. The molecule has 2 heterocycles. The van der Waals surface area contributed by atoms with Crippen LogP contribution in [0.15, 0.2) is 65.1 Å². The Hall–Kier alpha value is -3.04. The van der Waals surface area contributed by atoms with Crippen molar-refractivity contribution in [1.29, 1.82) is 5.26 Å². The number of nitriles is 1. The van der Waals surface area contributed by atoms with E-state index in [-0.39, 0.29) is 5.82 Å². The first-order valence-electron chi connectivity index (χ1n) is 7.47. The molecule has 120 valence electrons. The Bertz CT molecular complexity index is 1130. The summed E-state index contributed by atoms with van der Waals surface area (Å²) in [6.07, 6.45) is 0. The minimum Gasteiger partial charge on any atom is -0.211 e. The van der Waals surface area contributed by atoms with E-state index in [9.17, 15) is 9.65 Å². The molecule has 0 unspecified atom stereocenters. The van der Waals surface area contributed by atoms with Gasteiger partial charge in [-0.3, -0.25) is 0 Å². The van der Waals surface area contributed by atoms with Crippen molar-refractivity contribution < 1.29 is 4.39 Å². The third-order valence-corrected chi connectivity index (χ3v) is 4.32. The zero-order chi connectivity index (χ0) is 17.4. The molecule has 0 amide bonds. The number of rotatable bonds is 2. The Labute approximate surface area is 151 Å². The zero-order valence-electron chi connectivity index (χ0n) is 12.8.